The molecule has 1 rings (SSSR count). The smallest absolute Gasteiger partial charge is 0.255 e. The van der Waals surface area contributed by atoms with Gasteiger partial charge in [0.05, 0.1) is 13.2 Å². The molecule has 0 unspecified atom stereocenters. The van der Waals surface area contributed by atoms with Gasteiger partial charge in [0, 0.05) is 13.2 Å². The Balaban J connectivity index is 2.34. The Kier molecular flexibility index (Phi) is 5.67. The number of nitrogens with one attached hydrogen (secondary N) is 1. The molecule has 96 valence electrons. The molecule has 1 aromatic rings. The summed E-state index contributed by atoms with van der Waals surface area (Å²) < 4.78 is 8.94. The van der Waals surface area contributed by atoms with Crippen molar-refractivity contribution in [2.75, 3.05) is 37.4 Å². The number of carbonyl (C=O) groups is 1. The zero-order valence-electron chi connectivity index (χ0n) is 9.31. The van der Waals surface area contributed by atoms with Crippen LogP contribution in [0.5, 0.6) is 0 Å². The monoisotopic (exact) mass is 260 g/mol. The van der Waals surface area contributed by atoms with E-state index in [1.807, 2.05) is 0 Å². The molecule has 0 aromatic carbocycles. The van der Waals surface area contributed by atoms with Crippen molar-refractivity contribution in [3.05, 3.63) is 5.56 Å². The number of primary amides is 1. The Morgan fingerprint density at radius 2 is 2.29 bits per heavy atom. The fourth-order valence-corrected chi connectivity index (χ4v) is 1.95. The zero-order chi connectivity index (χ0) is 12.7. The van der Waals surface area contributed by atoms with E-state index in [0.717, 1.165) is 18.0 Å². The minimum Gasteiger partial charge on any atom is -0.394 e. The number of hydrogen-bond donors (Lipinski definition) is 4. The number of aliphatic hydroxyl groups is 1. The summed E-state index contributed by atoms with van der Waals surface area (Å²) in [6, 6.07) is 0. The van der Waals surface area contributed by atoms with Crippen molar-refractivity contribution in [3.8, 4) is 0 Å². The second kappa shape index (κ2) is 7.05. The van der Waals surface area contributed by atoms with Gasteiger partial charge in [0.25, 0.3) is 5.91 Å². The molecule has 0 saturated heterocycles. The molecule has 0 spiro atoms. The summed E-state index contributed by atoms with van der Waals surface area (Å²) >= 11 is 1.11. The molecule has 0 bridgehead atoms. The molecule has 8 heteroatoms. The van der Waals surface area contributed by atoms with Gasteiger partial charge in [0.15, 0.2) is 5.82 Å². The number of ether oxygens (including phenoxy) is 1. The van der Waals surface area contributed by atoms with Crippen molar-refractivity contribution in [1.82, 2.24) is 4.37 Å². The van der Waals surface area contributed by atoms with E-state index < -0.39 is 5.91 Å². The van der Waals surface area contributed by atoms with Crippen LogP contribution in [0, 0.1) is 0 Å². The molecule has 17 heavy (non-hydrogen) atoms. The highest BCUT2D eigenvalue weighted by Gasteiger charge is 2.15. The lowest BCUT2D eigenvalue weighted by atomic mass is 10.3. The quantitative estimate of drug-likeness (QED) is 0.473. The molecular formula is C9H16N4O3S. The third-order valence-electron chi connectivity index (χ3n) is 1.95. The van der Waals surface area contributed by atoms with Crippen LogP contribution in [0.1, 0.15) is 16.8 Å². The zero-order valence-corrected chi connectivity index (χ0v) is 10.1. The molecule has 0 aliphatic heterocycles. The van der Waals surface area contributed by atoms with Gasteiger partial charge in [-0.15, -0.1) is 0 Å². The highest BCUT2D eigenvalue weighted by Crippen LogP contribution is 2.25. The van der Waals surface area contributed by atoms with Crippen LogP contribution in [0.25, 0.3) is 0 Å². The molecule has 1 heterocycles. The number of aromatic nitrogens is 1. The molecule has 0 radical (unpaired) electrons. The van der Waals surface area contributed by atoms with E-state index in [1.54, 1.807) is 0 Å². The molecular weight excluding hydrogens is 244 g/mol. The van der Waals surface area contributed by atoms with Crippen LogP contribution in [0.2, 0.25) is 0 Å². The molecule has 7 nitrogen and oxygen atoms in total. The van der Waals surface area contributed by atoms with Crippen molar-refractivity contribution in [2.24, 2.45) is 5.73 Å². The van der Waals surface area contributed by atoms with Gasteiger partial charge in [-0.3, -0.25) is 4.79 Å². The van der Waals surface area contributed by atoms with E-state index in [-0.39, 0.29) is 18.0 Å². The van der Waals surface area contributed by atoms with Crippen molar-refractivity contribution < 1.29 is 14.6 Å². The van der Waals surface area contributed by atoms with Crippen LogP contribution >= 0.6 is 11.5 Å². The number of anilines is 2. The molecule has 0 atom stereocenters. The van der Waals surface area contributed by atoms with Crippen LogP contribution in [-0.2, 0) is 4.74 Å². The summed E-state index contributed by atoms with van der Waals surface area (Å²) in [5.41, 5.74) is 10.9. The predicted molar refractivity (Wildman–Crippen MR) is 66.1 cm³/mol. The first-order chi connectivity index (χ1) is 8.16. The summed E-state index contributed by atoms with van der Waals surface area (Å²) in [6.07, 6.45) is 0.746. The highest BCUT2D eigenvalue weighted by molar-refractivity contribution is 7.11. The number of carbonyl (C=O) groups excluding carboxylic acids is 1. The van der Waals surface area contributed by atoms with E-state index in [9.17, 15) is 4.79 Å². The lowest BCUT2D eigenvalue weighted by molar-refractivity contribution is 0.0922. The standard InChI is InChI=1S/C9H16N4O3S/c10-7-6(8(11)15)9(17-13-7)12-2-1-4-16-5-3-14/h12,14H,1-5H2,(H2,10,13)(H2,11,15). The summed E-state index contributed by atoms with van der Waals surface area (Å²) in [5, 5.41) is 12.1. The summed E-state index contributed by atoms with van der Waals surface area (Å²) in [5.74, 6) is -0.434. The number of aliphatic hydroxyl groups excluding tert-OH is 1. The number of hydrogen-bond acceptors (Lipinski definition) is 7. The lowest BCUT2D eigenvalue weighted by Gasteiger charge is -2.05. The van der Waals surface area contributed by atoms with E-state index in [4.69, 9.17) is 21.3 Å². The van der Waals surface area contributed by atoms with Crippen molar-refractivity contribution >= 4 is 28.3 Å². The van der Waals surface area contributed by atoms with Crippen LogP contribution in [0.4, 0.5) is 10.8 Å². The summed E-state index contributed by atoms with van der Waals surface area (Å²) in [7, 11) is 0. The lowest BCUT2D eigenvalue weighted by Crippen LogP contribution is -2.15. The largest absolute Gasteiger partial charge is 0.394 e. The molecule has 0 fully saturated rings. The Morgan fingerprint density at radius 1 is 1.53 bits per heavy atom. The van der Waals surface area contributed by atoms with Crippen molar-refractivity contribution in [3.63, 3.8) is 0 Å². The molecule has 0 aliphatic carbocycles. The number of amides is 1. The Labute approximate surface area is 103 Å². The average molecular weight is 260 g/mol. The fourth-order valence-electron chi connectivity index (χ4n) is 1.20. The molecule has 1 aromatic heterocycles. The second-order valence-corrected chi connectivity index (χ2v) is 4.03. The second-order valence-electron chi connectivity index (χ2n) is 3.25. The van der Waals surface area contributed by atoms with Gasteiger partial charge in [-0.2, -0.15) is 4.37 Å². The van der Waals surface area contributed by atoms with Gasteiger partial charge in [-0.25, -0.2) is 0 Å². The van der Waals surface area contributed by atoms with Crippen molar-refractivity contribution in [1.29, 1.82) is 0 Å². The number of nitrogens with two attached hydrogens (primary N) is 2. The maximum absolute atomic E-state index is 11.1. The number of nitrogen functional groups attached to an aromatic ring is 1. The van der Waals surface area contributed by atoms with Gasteiger partial charge in [0.2, 0.25) is 0 Å². The fraction of sp³-hybridized carbons (Fsp3) is 0.556. The maximum Gasteiger partial charge on any atom is 0.255 e. The maximum atomic E-state index is 11.1. The first-order valence-electron chi connectivity index (χ1n) is 5.14. The third kappa shape index (κ3) is 4.17. The minimum atomic E-state index is -0.588. The Morgan fingerprint density at radius 3 is 2.94 bits per heavy atom. The van der Waals surface area contributed by atoms with E-state index in [2.05, 4.69) is 9.69 Å². The summed E-state index contributed by atoms with van der Waals surface area (Å²) in [6.45, 7) is 1.51. The van der Waals surface area contributed by atoms with Gasteiger partial charge in [0.1, 0.15) is 10.6 Å². The first-order valence-corrected chi connectivity index (χ1v) is 5.91. The normalized spacial score (nSPS) is 10.4. The van der Waals surface area contributed by atoms with Gasteiger partial charge < -0.3 is 26.6 Å². The topological polar surface area (TPSA) is 123 Å². The van der Waals surface area contributed by atoms with Gasteiger partial charge >= 0.3 is 0 Å². The number of rotatable bonds is 8. The Bertz CT molecular complexity index is 369. The predicted octanol–water partition coefficient (Wildman–Crippen LogP) is -0.365. The average Bonchev–Trinajstić information content (AvgIpc) is 2.65. The van der Waals surface area contributed by atoms with Crippen LogP contribution in [0.15, 0.2) is 0 Å². The molecule has 0 aliphatic rings. The molecule has 6 N–H and O–H groups in total. The highest BCUT2D eigenvalue weighted by atomic mass is 32.1. The summed E-state index contributed by atoms with van der Waals surface area (Å²) in [4.78, 5) is 11.1. The molecule has 1 amide bonds. The van der Waals surface area contributed by atoms with Gasteiger partial charge in [-0.05, 0) is 18.0 Å². The molecule has 0 saturated carbocycles. The van der Waals surface area contributed by atoms with Crippen LogP contribution in [-0.4, -0.2) is 41.8 Å². The first kappa shape index (κ1) is 13.7. The minimum absolute atomic E-state index is 0.0185. The third-order valence-corrected chi connectivity index (χ3v) is 2.77. The van der Waals surface area contributed by atoms with Gasteiger partial charge in [-0.1, -0.05) is 0 Å². The van der Waals surface area contributed by atoms with E-state index in [0.29, 0.717) is 24.8 Å². The van der Waals surface area contributed by atoms with E-state index >= 15 is 0 Å². The van der Waals surface area contributed by atoms with Crippen LogP contribution in [0.3, 0.4) is 0 Å². The van der Waals surface area contributed by atoms with E-state index in [1.165, 1.54) is 0 Å². The van der Waals surface area contributed by atoms with Crippen LogP contribution < -0.4 is 16.8 Å². The van der Waals surface area contributed by atoms with Crippen molar-refractivity contribution in [2.45, 2.75) is 6.42 Å². The Hall–Kier alpha value is -1.38. The SMILES string of the molecule is NC(=O)c1c(N)nsc1NCCCOCCO. The number of nitrogens with zero attached hydrogens (tertiary/aromatic N) is 1.